The molecule has 0 radical (unpaired) electrons. The van der Waals surface area contributed by atoms with Gasteiger partial charge in [-0.3, -0.25) is 4.79 Å². The zero-order valence-electron chi connectivity index (χ0n) is 25.0. The Labute approximate surface area is 253 Å². The van der Waals surface area contributed by atoms with Gasteiger partial charge in [0.05, 0.1) is 11.1 Å². The minimum Gasteiger partial charge on any atom is -0.385 e. The van der Waals surface area contributed by atoms with Crippen LogP contribution in [0.25, 0.3) is 0 Å². The summed E-state index contributed by atoms with van der Waals surface area (Å²) in [6, 6.07) is 8.09. The summed E-state index contributed by atoms with van der Waals surface area (Å²) in [6.45, 7) is 2.81. The van der Waals surface area contributed by atoms with Gasteiger partial charge in [-0.05, 0) is 112 Å². The second-order valence-corrected chi connectivity index (χ2v) is 11.4. The summed E-state index contributed by atoms with van der Waals surface area (Å²) >= 11 is 0. The Morgan fingerprint density at radius 2 is 1.52 bits per heavy atom. The van der Waals surface area contributed by atoms with E-state index in [0.717, 1.165) is 12.3 Å². The molecule has 244 valence electrons. The van der Waals surface area contributed by atoms with Crippen LogP contribution < -0.4 is 0 Å². The molecule has 0 amide bonds. The lowest BCUT2D eigenvalue weighted by Crippen LogP contribution is -2.27. The molecule has 4 atom stereocenters. The predicted molar refractivity (Wildman–Crippen MR) is 154 cm³/mol. The highest BCUT2D eigenvalue weighted by Gasteiger charge is 2.37. The molecule has 5 nitrogen and oxygen atoms in total. The molecule has 0 heterocycles. The molecule has 0 bridgehead atoms. The number of benzene rings is 2. The Balaban J connectivity index is 0.000000248. The molecule has 2 aliphatic rings. The van der Waals surface area contributed by atoms with Crippen LogP contribution in [0.5, 0.6) is 0 Å². The van der Waals surface area contributed by atoms with Gasteiger partial charge >= 0.3 is 12.4 Å². The predicted octanol–water partition coefficient (Wildman–Crippen LogP) is 8.55. The summed E-state index contributed by atoms with van der Waals surface area (Å²) in [5, 5.41) is 11.0. The summed E-state index contributed by atoms with van der Waals surface area (Å²) in [5.74, 6) is 1.85. The SMILES string of the molecule is CC1C(CCN(C)C)CCCC1c1ccc(F)cc1.O=C1C=CCCC1O.O=NCc1cc(C(F)(F)F)cc(C(F)(F)F)c1. The number of carbonyl (C=O) groups is 1. The number of carbonyl (C=O) groups excluding carboxylic acids is 1. The first kappa shape index (κ1) is 37.1. The number of allylic oxidation sites excluding steroid dienone is 1. The average Bonchev–Trinajstić information content (AvgIpc) is 2.94. The summed E-state index contributed by atoms with van der Waals surface area (Å²) in [5.41, 5.74) is -2.01. The van der Waals surface area contributed by atoms with E-state index < -0.39 is 41.7 Å². The topological polar surface area (TPSA) is 70.0 Å². The molecule has 1 fully saturated rings. The van der Waals surface area contributed by atoms with Gasteiger partial charge in [0.1, 0.15) is 18.5 Å². The fourth-order valence-corrected chi connectivity index (χ4v) is 5.36. The number of aliphatic hydroxyl groups excluding tert-OH is 1. The maximum atomic E-state index is 13.0. The fourth-order valence-electron chi connectivity index (χ4n) is 5.36. The van der Waals surface area contributed by atoms with Crippen LogP contribution in [0, 0.1) is 22.6 Å². The number of hydrogen-bond acceptors (Lipinski definition) is 5. The minimum atomic E-state index is -4.90. The van der Waals surface area contributed by atoms with E-state index >= 15 is 0 Å². The Bertz CT molecular complexity index is 1200. The van der Waals surface area contributed by atoms with Gasteiger partial charge in [-0.1, -0.05) is 43.2 Å². The largest absolute Gasteiger partial charge is 0.416 e. The summed E-state index contributed by atoms with van der Waals surface area (Å²) in [4.78, 5) is 22.6. The maximum absolute atomic E-state index is 13.0. The molecule has 0 saturated heterocycles. The third-order valence-electron chi connectivity index (χ3n) is 7.83. The van der Waals surface area contributed by atoms with Crippen molar-refractivity contribution in [1.82, 2.24) is 4.90 Å². The normalized spacial score (nSPS) is 22.0. The molecular formula is C32H39F7N2O3. The molecule has 4 rings (SSSR count). The van der Waals surface area contributed by atoms with E-state index in [-0.39, 0.29) is 17.7 Å². The van der Waals surface area contributed by atoms with Crippen molar-refractivity contribution in [2.45, 2.75) is 76.4 Å². The average molecular weight is 633 g/mol. The summed E-state index contributed by atoms with van der Waals surface area (Å²) in [6.07, 6.45) is -0.683. The number of aliphatic hydroxyl groups is 1. The van der Waals surface area contributed by atoms with Crippen molar-refractivity contribution in [3.63, 3.8) is 0 Å². The van der Waals surface area contributed by atoms with Crippen molar-refractivity contribution in [3.05, 3.63) is 87.6 Å². The van der Waals surface area contributed by atoms with Crippen molar-refractivity contribution < 1.29 is 40.6 Å². The number of hydrogen-bond donors (Lipinski definition) is 1. The van der Waals surface area contributed by atoms with E-state index in [0.29, 0.717) is 30.4 Å². The van der Waals surface area contributed by atoms with Crippen LogP contribution in [0.3, 0.4) is 0 Å². The van der Waals surface area contributed by atoms with Gasteiger partial charge in [-0.2, -0.15) is 31.2 Å². The van der Waals surface area contributed by atoms with Crippen LogP contribution in [-0.2, 0) is 23.7 Å². The molecule has 12 heteroatoms. The second-order valence-electron chi connectivity index (χ2n) is 11.4. The number of alkyl halides is 6. The van der Waals surface area contributed by atoms with E-state index in [2.05, 4.69) is 31.1 Å². The van der Waals surface area contributed by atoms with Crippen LogP contribution in [0.2, 0.25) is 0 Å². The zero-order chi connectivity index (χ0) is 33.1. The molecule has 4 unspecified atom stereocenters. The number of halogens is 7. The lowest BCUT2D eigenvalue weighted by Gasteiger charge is -2.37. The number of rotatable bonds is 6. The standard InChI is InChI=1S/C17H26FN.C9H5F6NO.C6H8O2/c1-13-14(11-12-19(2)3)5-4-6-17(13)15-7-9-16(18)10-8-15;10-8(11,12)6-1-5(4-16-17)2-7(3-6)9(13,14)15;7-5-3-1-2-4-6(5)8/h7-10,13-14,17H,4-6,11-12H2,1-3H3;1-3H,4H2;1,3,6,8H,2,4H2. The minimum absolute atomic E-state index is 0.00565. The summed E-state index contributed by atoms with van der Waals surface area (Å²) < 4.78 is 86.8. The highest BCUT2D eigenvalue weighted by molar-refractivity contribution is 5.93. The van der Waals surface area contributed by atoms with Crippen molar-refractivity contribution in [2.24, 2.45) is 17.0 Å². The third kappa shape index (κ3) is 12.1. The molecule has 2 aromatic carbocycles. The Hall–Kier alpha value is -3.12. The first-order chi connectivity index (χ1) is 20.5. The quantitative estimate of drug-likeness (QED) is 0.256. The zero-order valence-corrected chi connectivity index (χ0v) is 25.0. The van der Waals surface area contributed by atoms with Gasteiger partial charge in [-0.25, -0.2) is 4.39 Å². The smallest absolute Gasteiger partial charge is 0.385 e. The van der Waals surface area contributed by atoms with Crippen LogP contribution in [-0.4, -0.2) is 42.5 Å². The summed E-state index contributed by atoms with van der Waals surface area (Å²) in [7, 11) is 4.29. The van der Waals surface area contributed by atoms with E-state index in [1.807, 2.05) is 12.1 Å². The highest BCUT2D eigenvalue weighted by Crippen LogP contribution is 2.42. The molecule has 2 aliphatic carbocycles. The maximum Gasteiger partial charge on any atom is 0.416 e. The lowest BCUT2D eigenvalue weighted by molar-refractivity contribution is -0.143. The van der Waals surface area contributed by atoms with E-state index in [9.17, 15) is 40.4 Å². The molecule has 0 aromatic heterocycles. The van der Waals surface area contributed by atoms with Crippen molar-refractivity contribution in [3.8, 4) is 0 Å². The third-order valence-corrected chi connectivity index (χ3v) is 7.83. The monoisotopic (exact) mass is 632 g/mol. The molecule has 2 aromatic rings. The fraction of sp³-hybridized carbons (Fsp3) is 0.531. The van der Waals surface area contributed by atoms with Crippen molar-refractivity contribution in [2.75, 3.05) is 20.6 Å². The first-order valence-electron chi connectivity index (χ1n) is 14.4. The van der Waals surface area contributed by atoms with Gasteiger partial charge in [0.15, 0.2) is 5.78 Å². The molecule has 1 saturated carbocycles. The van der Waals surface area contributed by atoms with Gasteiger partial charge in [0.25, 0.3) is 0 Å². The van der Waals surface area contributed by atoms with Crippen molar-refractivity contribution in [1.29, 1.82) is 0 Å². The first-order valence-corrected chi connectivity index (χ1v) is 14.4. The van der Waals surface area contributed by atoms with E-state index in [1.54, 1.807) is 18.2 Å². The molecule has 1 N–H and O–H groups in total. The van der Waals surface area contributed by atoms with Gasteiger partial charge < -0.3 is 10.0 Å². The number of nitroso groups, excluding NO2 is 1. The van der Waals surface area contributed by atoms with Crippen LogP contribution in [0.15, 0.2) is 59.8 Å². The molecular weight excluding hydrogens is 593 g/mol. The van der Waals surface area contributed by atoms with Crippen LogP contribution >= 0.6 is 0 Å². The molecule has 0 spiro atoms. The van der Waals surface area contributed by atoms with Gasteiger partial charge in [0.2, 0.25) is 0 Å². The Morgan fingerprint density at radius 1 is 0.932 bits per heavy atom. The highest BCUT2D eigenvalue weighted by atomic mass is 19.4. The number of ketones is 1. The second kappa shape index (κ2) is 16.8. The van der Waals surface area contributed by atoms with Gasteiger partial charge in [0, 0.05) is 0 Å². The van der Waals surface area contributed by atoms with Gasteiger partial charge in [-0.15, -0.1) is 0 Å². The Kier molecular flexibility index (Phi) is 14.2. The lowest BCUT2D eigenvalue weighted by atomic mass is 9.69. The van der Waals surface area contributed by atoms with E-state index in [1.165, 1.54) is 43.9 Å². The van der Waals surface area contributed by atoms with Crippen LogP contribution in [0.4, 0.5) is 30.7 Å². The Morgan fingerprint density at radius 3 is 1.98 bits per heavy atom. The van der Waals surface area contributed by atoms with E-state index in [4.69, 9.17) is 5.11 Å². The van der Waals surface area contributed by atoms with Crippen LogP contribution in [0.1, 0.15) is 73.6 Å². The molecule has 0 aliphatic heterocycles. The van der Waals surface area contributed by atoms with Crippen molar-refractivity contribution >= 4 is 5.78 Å². The number of nitrogens with zero attached hydrogens (tertiary/aromatic N) is 2. The molecule has 44 heavy (non-hydrogen) atoms.